The van der Waals surface area contributed by atoms with Crippen LogP contribution in [0.2, 0.25) is 0 Å². The smallest absolute Gasteiger partial charge is 0.314 e. The van der Waals surface area contributed by atoms with Gasteiger partial charge in [-0.25, -0.2) is 0 Å². The highest BCUT2D eigenvalue weighted by atomic mass is 16.2. The fraction of sp³-hybridized carbons (Fsp3) is 0.250. The first-order chi connectivity index (χ1) is 13.0. The van der Waals surface area contributed by atoms with E-state index < -0.39 is 11.8 Å². The van der Waals surface area contributed by atoms with Crippen molar-refractivity contribution in [2.45, 2.75) is 0 Å². The van der Waals surface area contributed by atoms with Gasteiger partial charge in [-0.1, -0.05) is 6.07 Å². The number of carbonyl (C=O) groups excluding carboxylic acids is 2. The number of hydrogen-bond donors (Lipinski definition) is 2. The van der Waals surface area contributed by atoms with E-state index in [1.165, 1.54) is 6.07 Å². The number of rotatable bonds is 3. The van der Waals surface area contributed by atoms with Crippen molar-refractivity contribution in [2.75, 3.05) is 48.8 Å². The predicted octanol–water partition coefficient (Wildman–Crippen LogP) is 1.89. The Morgan fingerprint density at radius 3 is 2.19 bits per heavy atom. The Balaban J connectivity index is 1.57. The van der Waals surface area contributed by atoms with Crippen molar-refractivity contribution < 1.29 is 9.59 Å². The number of amides is 2. The maximum Gasteiger partial charge on any atom is 0.314 e. The third kappa shape index (κ3) is 4.84. The van der Waals surface area contributed by atoms with Crippen LogP contribution < -0.4 is 15.5 Å². The lowest BCUT2D eigenvalue weighted by Gasteiger charge is -2.34. The summed E-state index contributed by atoms with van der Waals surface area (Å²) in [5.41, 5.74) is 2.46. The molecule has 1 saturated heterocycles. The number of piperazine rings is 1. The van der Waals surface area contributed by atoms with Crippen molar-refractivity contribution in [1.29, 1.82) is 5.26 Å². The number of carbonyl (C=O) groups is 2. The maximum absolute atomic E-state index is 12.1. The number of nitriles is 1. The van der Waals surface area contributed by atoms with Crippen molar-refractivity contribution >= 4 is 28.9 Å². The summed E-state index contributed by atoms with van der Waals surface area (Å²) in [5, 5.41) is 14.0. The predicted molar refractivity (Wildman–Crippen MR) is 105 cm³/mol. The lowest BCUT2D eigenvalue weighted by molar-refractivity contribution is -0.132. The molecule has 3 rings (SSSR count). The van der Waals surface area contributed by atoms with Gasteiger partial charge in [-0.05, 0) is 49.5 Å². The second-order valence-corrected chi connectivity index (χ2v) is 6.44. The summed E-state index contributed by atoms with van der Waals surface area (Å²) in [7, 11) is 2.11. The first-order valence-corrected chi connectivity index (χ1v) is 8.71. The molecular weight excluding hydrogens is 342 g/mol. The van der Waals surface area contributed by atoms with Crippen molar-refractivity contribution in [3.63, 3.8) is 0 Å². The van der Waals surface area contributed by atoms with E-state index in [0.717, 1.165) is 31.9 Å². The van der Waals surface area contributed by atoms with Crippen LogP contribution in [0.4, 0.5) is 17.1 Å². The first kappa shape index (κ1) is 18.4. The standard InChI is InChI=1S/C20H21N5O2/c1-24-9-11-25(12-10-24)18-7-5-16(6-8-18)22-19(26)20(27)23-17-4-2-3-15(13-17)14-21/h2-8,13H,9-12H2,1H3,(H,22,26)(H,23,27). The largest absolute Gasteiger partial charge is 0.369 e. The van der Waals surface area contributed by atoms with Gasteiger partial charge in [-0.2, -0.15) is 5.26 Å². The van der Waals surface area contributed by atoms with Crippen LogP contribution in [-0.4, -0.2) is 49.9 Å². The molecule has 7 heteroatoms. The van der Waals surface area contributed by atoms with Gasteiger partial charge < -0.3 is 20.4 Å². The lowest BCUT2D eigenvalue weighted by Crippen LogP contribution is -2.44. The summed E-state index contributed by atoms with van der Waals surface area (Å²) in [4.78, 5) is 28.7. The van der Waals surface area contributed by atoms with Crippen LogP contribution in [0.5, 0.6) is 0 Å². The lowest BCUT2D eigenvalue weighted by atomic mass is 10.2. The molecule has 2 aromatic rings. The molecule has 1 fully saturated rings. The van der Waals surface area contributed by atoms with E-state index >= 15 is 0 Å². The highest BCUT2D eigenvalue weighted by molar-refractivity contribution is 6.43. The average Bonchev–Trinajstić information content (AvgIpc) is 2.69. The Kier molecular flexibility index (Phi) is 5.69. The Hall–Kier alpha value is -3.37. The van der Waals surface area contributed by atoms with Crippen LogP contribution in [0, 0.1) is 11.3 Å². The minimum absolute atomic E-state index is 0.402. The third-order valence-electron chi connectivity index (χ3n) is 4.45. The Bertz CT molecular complexity index is 865. The summed E-state index contributed by atoms with van der Waals surface area (Å²) in [6.45, 7) is 3.97. The van der Waals surface area contributed by atoms with Gasteiger partial charge in [0, 0.05) is 43.2 Å². The highest BCUT2D eigenvalue weighted by Gasteiger charge is 2.16. The topological polar surface area (TPSA) is 88.5 Å². The Labute approximate surface area is 158 Å². The van der Waals surface area contributed by atoms with Gasteiger partial charge in [0.1, 0.15) is 0 Å². The molecule has 0 unspecified atom stereocenters. The van der Waals surface area contributed by atoms with Gasteiger partial charge in [0.25, 0.3) is 0 Å². The van der Waals surface area contributed by atoms with Gasteiger partial charge in [-0.15, -0.1) is 0 Å². The Morgan fingerprint density at radius 1 is 0.926 bits per heavy atom. The Morgan fingerprint density at radius 2 is 1.56 bits per heavy atom. The minimum atomic E-state index is -0.784. The van der Waals surface area contributed by atoms with Gasteiger partial charge in [0.05, 0.1) is 11.6 Å². The molecule has 7 nitrogen and oxygen atoms in total. The molecule has 2 N–H and O–H groups in total. The molecule has 0 aromatic heterocycles. The van der Waals surface area contributed by atoms with Crippen LogP contribution in [0.15, 0.2) is 48.5 Å². The number of nitrogens with zero attached hydrogens (tertiary/aromatic N) is 3. The summed E-state index contributed by atoms with van der Waals surface area (Å²) in [6.07, 6.45) is 0. The quantitative estimate of drug-likeness (QED) is 0.813. The van der Waals surface area contributed by atoms with Gasteiger partial charge in [0.2, 0.25) is 0 Å². The molecule has 0 spiro atoms. The molecule has 2 aromatic carbocycles. The van der Waals surface area contributed by atoms with E-state index in [1.54, 1.807) is 30.3 Å². The van der Waals surface area contributed by atoms with Crippen molar-refractivity contribution in [3.05, 3.63) is 54.1 Å². The number of nitrogens with one attached hydrogen (secondary N) is 2. The molecule has 27 heavy (non-hydrogen) atoms. The molecule has 0 atom stereocenters. The molecule has 1 aliphatic rings. The normalized spacial score (nSPS) is 14.3. The molecule has 1 heterocycles. The fourth-order valence-electron chi connectivity index (χ4n) is 2.86. The summed E-state index contributed by atoms with van der Waals surface area (Å²) < 4.78 is 0. The number of benzene rings is 2. The minimum Gasteiger partial charge on any atom is -0.369 e. The van der Waals surface area contributed by atoms with E-state index in [9.17, 15) is 9.59 Å². The van der Waals surface area contributed by atoms with Gasteiger partial charge in [0.15, 0.2) is 0 Å². The zero-order valence-corrected chi connectivity index (χ0v) is 15.1. The molecule has 1 aliphatic heterocycles. The molecule has 0 bridgehead atoms. The summed E-state index contributed by atoms with van der Waals surface area (Å²) in [6, 6.07) is 15.8. The van der Waals surface area contributed by atoms with E-state index in [2.05, 4.69) is 27.5 Å². The molecular formula is C20H21N5O2. The number of hydrogen-bond acceptors (Lipinski definition) is 5. The van der Waals surface area contributed by atoms with Crippen molar-refractivity contribution in [2.24, 2.45) is 0 Å². The van der Waals surface area contributed by atoms with Gasteiger partial charge >= 0.3 is 11.8 Å². The number of likely N-dealkylation sites (N-methyl/N-ethyl adjacent to an activating group) is 1. The SMILES string of the molecule is CN1CCN(c2ccc(NC(=O)C(=O)Nc3cccc(C#N)c3)cc2)CC1. The zero-order valence-electron chi connectivity index (χ0n) is 15.1. The molecule has 2 amide bonds. The highest BCUT2D eigenvalue weighted by Crippen LogP contribution is 2.19. The van der Waals surface area contributed by atoms with Crippen LogP contribution >= 0.6 is 0 Å². The van der Waals surface area contributed by atoms with E-state index in [-0.39, 0.29) is 0 Å². The molecule has 138 valence electrons. The molecule has 0 aliphatic carbocycles. The summed E-state index contributed by atoms with van der Waals surface area (Å²) >= 11 is 0. The number of anilines is 3. The first-order valence-electron chi connectivity index (χ1n) is 8.71. The van der Waals surface area contributed by atoms with E-state index in [0.29, 0.717) is 16.9 Å². The van der Waals surface area contributed by atoms with Crippen molar-refractivity contribution in [1.82, 2.24) is 4.90 Å². The van der Waals surface area contributed by atoms with Gasteiger partial charge in [-0.3, -0.25) is 9.59 Å². The fourth-order valence-corrected chi connectivity index (χ4v) is 2.86. The van der Waals surface area contributed by atoms with E-state index in [1.807, 2.05) is 18.2 Å². The zero-order chi connectivity index (χ0) is 19.2. The molecule has 0 radical (unpaired) electrons. The average molecular weight is 363 g/mol. The summed E-state index contributed by atoms with van der Waals surface area (Å²) in [5.74, 6) is -1.54. The van der Waals surface area contributed by atoms with Crippen molar-refractivity contribution in [3.8, 4) is 6.07 Å². The maximum atomic E-state index is 12.1. The van der Waals surface area contributed by atoms with Crippen LogP contribution in [-0.2, 0) is 9.59 Å². The van der Waals surface area contributed by atoms with Crippen LogP contribution in [0.3, 0.4) is 0 Å². The monoisotopic (exact) mass is 363 g/mol. The van der Waals surface area contributed by atoms with E-state index in [4.69, 9.17) is 5.26 Å². The third-order valence-corrected chi connectivity index (χ3v) is 4.45. The second-order valence-electron chi connectivity index (χ2n) is 6.44. The van der Waals surface area contributed by atoms with Crippen LogP contribution in [0.1, 0.15) is 5.56 Å². The second kappa shape index (κ2) is 8.34. The molecule has 0 saturated carbocycles. The van der Waals surface area contributed by atoms with Crippen LogP contribution in [0.25, 0.3) is 0 Å².